The summed E-state index contributed by atoms with van der Waals surface area (Å²) in [5, 5.41) is 4.53. The van der Waals surface area contributed by atoms with E-state index in [2.05, 4.69) is 0 Å². The van der Waals surface area contributed by atoms with Gasteiger partial charge in [-0.05, 0) is 19.3 Å². The summed E-state index contributed by atoms with van der Waals surface area (Å²) in [7, 11) is -3.32. The lowest BCUT2D eigenvalue weighted by atomic mass is 10.3. The Kier molecular flexibility index (Phi) is 1.98. The van der Waals surface area contributed by atoms with Crippen LogP contribution in [0.5, 0.6) is 0 Å². The molecule has 2 atom stereocenters. The molecule has 0 aromatic rings. The van der Waals surface area contributed by atoms with Gasteiger partial charge in [-0.25, -0.2) is 13.6 Å². The minimum Gasteiger partial charge on any atom is -0.328 e. The van der Waals surface area contributed by atoms with Crippen LogP contribution in [0.4, 0.5) is 0 Å². The molecular weight excluding hydrogens is 152 g/mol. The zero-order chi connectivity index (χ0) is 7.78. The van der Waals surface area contributed by atoms with Crippen LogP contribution in [0, 0.1) is 0 Å². The number of hydrogen-bond donors (Lipinski definition) is 2. The van der Waals surface area contributed by atoms with Crippen molar-refractivity contribution in [2.45, 2.75) is 30.6 Å². The summed E-state index contributed by atoms with van der Waals surface area (Å²) in [5.41, 5.74) is 5.50. The topological polar surface area (TPSA) is 86.2 Å². The molecule has 0 bridgehead atoms. The number of rotatable bonds is 1. The summed E-state index contributed by atoms with van der Waals surface area (Å²) in [6, 6.07) is 0.0309. The van der Waals surface area contributed by atoms with Gasteiger partial charge in [-0.2, -0.15) is 0 Å². The van der Waals surface area contributed by atoms with Gasteiger partial charge in [0.2, 0.25) is 10.0 Å². The SMILES string of the molecule is N[C@@H]1CC[C@H](S(N)(=O)=O)C1. The third-order valence-electron chi connectivity index (χ3n) is 1.89. The third-order valence-corrected chi connectivity index (χ3v) is 3.25. The molecule has 0 saturated heterocycles. The lowest BCUT2D eigenvalue weighted by Crippen LogP contribution is -2.27. The van der Waals surface area contributed by atoms with Gasteiger partial charge in [0.25, 0.3) is 0 Å². The largest absolute Gasteiger partial charge is 0.328 e. The Morgan fingerprint density at radius 2 is 1.90 bits per heavy atom. The van der Waals surface area contributed by atoms with E-state index in [4.69, 9.17) is 10.9 Å². The standard InChI is InChI=1S/C5H12N2O2S/c6-4-1-2-5(3-4)10(7,8)9/h4-5H,1-3,6H2,(H2,7,8,9)/t4-,5+/m1/s1. The Morgan fingerprint density at radius 3 is 2.10 bits per heavy atom. The molecule has 1 fully saturated rings. The van der Waals surface area contributed by atoms with E-state index in [9.17, 15) is 8.42 Å². The summed E-state index contributed by atoms with van der Waals surface area (Å²) >= 11 is 0. The van der Waals surface area contributed by atoms with Crippen molar-refractivity contribution >= 4 is 10.0 Å². The van der Waals surface area contributed by atoms with Crippen molar-refractivity contribution in [1.82, 2.24) is 0 Å². The Labute approximate surface area is 60.6 Å². The molecule has 4 nitrogen and oxygen atoms in total. The molecule has 0 aromatic heterocycles. The average Bonchev–Trinajstić information content (AvgIpc) is 2.11. The molecule has 1 aliphatic carbocycles. The van der Waals surface area contributed by atoms with Crippen molar-refractivity contribution in [2.24, 2.45) is 10.9 Å². The number of sulfonamides is 1. The van der Waals surface area contributed by atoms with Crippen molar-refractivity contribution in [1.29, 1.82) is 0 Å². The first-order valence-electron chi connectivity index (χ1n) is 3.27. The number of nitrogens with two attached hydrogens (primary N) is 2. The summed E-state index contributed by atoms with van der Waals surface area (Å²) in [6.45, 7) is 0. The van der Waals surface area contributed by atoms with Gasteiger partial charge in [-0.3, -0.25) is 0 Å². The van der Waals surface area contributed by atoms with Crippen LogP contribution in [0.15, 0.2) is 0 Å². The van der Waals surface area contributed by atoms with Crippen LogP contribution in [-0.2, 0) is 10.0 Å². The highest BCUT2D eigenvalue weighted by molar-refractivity contribution is 7.89. The van der Waals surface area contributed by atoms with E-state index in [1.807, 2.05) is 0 Å². The summed E-state index contributed by atoms with van der Waals surface area (Å²) in [6.07, 6.45) is 1.93. The van der Waals surface area contributed by atoms with E-state index in [1.165, 1.54) is 0 Å². The molecule has 0 aliphatic heterocycles. The predicted octanol–water partition coefficient (Wildman–Crippen LogP) is -0.845. The van der Waals surface area contributed by atoms with Crippen LogP contribution in [0.1, 0.15) is 19.3 Å². The van der Waals surface area contributed by atoms with Gasteiger partial charge in [0.1, 0.15) is 0 Å². The molecule has 60 valence electrons. The molecule has 0 heterocycles. The fourth-order valence-electron chi connectivity index (χ4n) is 1.27. The first-order valence-corrected chi connectivity index (χ1v) is 4.88. The van der Waals surface area contributed by atoms with E-state index in [0.717, 1.165) is 6.42 Å². The van der Waals surface area contributed by atoms with E-state index in [-0.39, 0.29) is 11.3 Å². The van der Waals surface area contributed by atoms with Crippen LogP contribution in [0.2, 0.25) is 0 Å². The van der Waals surface area contributed by atoms with Gasteiger partial charge >= 0.3 is 0 Å². The number of primary sulfonamides is 1. The third kappa shape index (κ3) is 1.68. The molecule has 0 unspecified atom stereocenters. The predicted molar refractivity (Wildman–Crippen MR) is 38.7 cm³/mol. The molecule has 1 saturated carbocycles. The zero-order valence-corrected chi connectivity index (χ0v) is 6.47. The van der Waals surface area contributed by atoms with Crippen molar-refractivity contribution in [2.75, 3.05) is 0 Å². The molecule has 0 spiro atoms. The van der Waals surface area contributed by atoms with Gasteiger partial charge in [0, 0.05) is 6.04 Å². The average molecular weight is 164 g/mol. The second kappa shape index (κ2) is 2.48. The van der Waals surface area contributed by atoms with Crippen molar-refractivity contribution in [3.8, 4) is 0 Å². The second-order valence-electron chi connectivity index (χ2n) is 2.78. The van der Waals surface area contributed by atoms with Crippen LogP contribution < -0.4 is 10.9 Å². The van der Waals surface area contributed by atoms with Gasteiger partial charge < -0.3 is 5.73 Å². The van der Waals surface area contributed by atoms with Crippen LogP contribution in [0.3, 0.4) is 0 Å². The fourth-order valence-corrected chi connectivity index (χ4v) is 2.25. The van der Waals surface area contributed by atoms with E-state index in [0.29, 0.717) is 12.8 Å². The molecule has 4 N–H and O–H groups in total. The lowest BCUT2D eigenvalue weighted by molar-refractivity contribution is 0.579. The van der Waals surface area contributed by atoms with E-state index in [1.54, 1.807) is 0 Å². The lowest BCUT2D eigenvalue weighted by Gasteiger charge is -2.04. The highest BCUT2D eigenvalue weighted by atomic mass is 32.2. The molecule has 1 rings (SSSR count). The smallest absolute Gasteiger partial charge is 0.212 e. The van der Waals surface area contributed by atoms with Crippen molar-refractivity contribution < 1.29 is 8.42 Å². The second-order valence-corrected chi connectivity index (χ2v) is 4.63. The van der Waals surface area contributed by atoms with E-state index < -0.39 is 10.0 Å². The van der Waals surface area contributed by atoms with Gasteiger partial charge in [0.15, 0.2) is 0 Å². The van der Waals surface area contributed by atoms with Crippen LogP contribution >= 0.6 is 0 Å². The van der Waals surface area contributed by atoms with Crippen LogP contribution in [0.25, 0.3) is 0 Å². The quantitative estimate of drug-likeness (QED) is 0.529. The maximum Gasteiger partial charge on any atom is 0.212 e. The first-order chi connectivity index (χ1) is 4.50. The normalized spacial score (nSPS) is 34.6. The zero-order valence-electron chi connectivity index (χ0n) is 5.66. The maximum atomic E-state index is 10.7. The summed E-state index contributed by atoms with van der Waals surface area (Å²) in [4.78, 5) is 0. The van der Waals surface area contributed by atoms with Gasteiger partial charge in [-0.15, -0.1) is 0 Å². The summed E-state index contributed by atoms with van der Waals surface area (Å²) in [5.74, 6) is 0. The fraction of sp³-hybridized carbons (Fsp3) is 1.00. The Bertz CT molecular complexity index is 212. The molecular formula is C5H12N2O2S. The number of hydrogen-bond acceptors (Lipinski definition) is 3. The highest BCUT2D eigenvalue weighted by Crippen LogP contribution is 2.21. The Balaban J connectivity index is 2.62. The van der Waals surface area contributed by atoms with Crippen LogP contribution in [-0.4, -0.2) is 19.7 Å². The van der Waals surface area contributed by atoms with Gasteiger partial charge in [-0.1, -0.05) is 0 Å². The van der Waals surface area contributed by atoms with E-state index >= 15 is 0 Å². The highest BCUT2D eigenvalue weighted by Gasteiger charge is 2.29. The van der Waals surface area contributed by atoms with Crippen molar-refractivity contribution in [3.05, 3.63) is 0 Å². The minimum absolute atomic E-state index is 0.0309. The molecule has 0 aromatic carbocycles. The van der Waals surface area contributed by atoms with Crippen molar-refractivity contribution in [3.63, 3.8) is 0 Å². The Morgan fingerprint density at radius 1 is 1.30 bits per heavy atom. The molecule has 1 aliphatic rings. The Hall–Kier alpha value is -0.130. The minimum atomic E-state index is -3.32. The van der Waals surface area contributed by atoms with Gasteiger partial charge in [0.05, 0.1) is 5.25 Å². The molecule has 10 heavy (non-hydrogen) atoms. The molecule has 0 amide bonds. The molecule has 5 heteroatoms. The first kappa shape index (κ1) is 7.97. The maximum absolute atomic E-state index is 10.7. The molecule has 0 radical (unpaired) electrons. The summed E-state index contributed by atoms with van der Waals surface area (Å²) < 4.78 is 21.4. The monoisotopic (exact) mass is 164 g/mol.